The summed E-state index contributed by atoms with van der Waals surface area (Å²) < 4.78 is 51.7. The average Bonchev–Trinajstić information content (AvgIpc) is 2.61. The van der Waals surface area contributed by atoms with Gasteiger partial charge in [0.1, 0.15) is 11.6 Å². The van der Waals surface area contributed by atoms with E-state index in [0.29, 0.717) is 36.2 Å². The molecule has 2 heterocycles. The van der Waals surface area contributed by atoms with Crippen molar-refractivity contribution in [2.24, 2.45) is 0 Å². The first-order valence-corrected chi connectivity index (χ1v) is 9.07. The first-order valence-electron chi connectivity index (χ1n) is 8.27. The molecule has 0 unspecified atom stereocenters. The van der Waals surface area contributed by atoms with E-state index >= 15 is 0 Å². The number of rotatable bonds is 3. The van der Waals surface area contributed by atoms with E-state index in [1.165, 1.54) is 18.2 Å². The maximum atomic E-state index is 13.4. The molecule has 27 heavy (non-hydrogen) atoms. The van der Waals surface area contributed by atoms with Crippen LogP contribution in [-0.2, 0) is 6.18 Å². The number of anilines is 1. The number of pyridine rings is 1. The van der Waals surface area contributed by atoms with Gasteiger partial charge in [-0.1, -0.05) is 15.9 Å². The van der Waals surface area contributed by atoms with Crippen molar-refractivity contribution in [1.82, 2.24) is 10.3 Å². The normalized spacial score (nSPS) is 15.7. The predicted octanol–water partition coefficient (Wildman–Crippen LogP) is 4.40. The standard InChI is InChI=1S/C18H16BrF4N3O/c19-13-7-11(8-14(20)9-13)17(27)25-15-3-5-26(6-4-15)16-2-1-12(10-24-16)18(21,22)23/h1-2,7-10,15H,3-6H2,(H,25,27). The van der Waals surface area contributed by atoms with E-state index in [1.54, 1.807) is 6.07 Å². The van der Waals surface area contributed by atoms with Gasteiger partial charge in [-0.05, 0) is 43.2 Å². The number of benzene rings is 1. The van der Waals surface area contributed by atoms with Crippen LogP contribution in [0.5, 0.6) is 0 Å². The third-order valence-corrected chi connectivity index (χ3v) is 4.81. The summed E-state index contributed by atoms with van der Waals surface area (Å²) in [7, 11) is 0. The molecule has 4 nitrogen and oxygen atoms in total. The van der Waals surface area contributed by atoms with Crippen LogP contribution < -0.4 is 10.2 Å². The Bertz CT molecular complexity index is 798. The Morgan fingerprint density at radius 1 is 1.19 bits per heavy atom. The van der Waals surface area contributed by atoms with Crippen LogP contribution in [-0.4, -0.2) is 30.0 Å². The van der Waals surface area contributed by atoms with Crippen molar-refractivity contribution in [1.29, 1.82) is 0 Å². The summed E-state index contributed by atoms with van der Waals surface area (Å²) in [6.07, 6.45) is -2.35. The van der Waals surface area contributed by atoms with E-state index in [-0.39, 0.29) is 17.5 Å². The number of nitrogens with zero attached hydrogens (tertiary/aromatic N) is 2. The Labute approximate surface area is 161 Å². The minimum Gasteiger partial charge on any atom is -0.356 e. The van der Waals surface area contributed by atoms with Gasteiger partial charge in [0.25, 0.3) is 5.91 Å². The maximum absolute atomic E-state index is 13.4. The summed E-state index contributed by atoms with van der Waals surface area (Å²) in [5.74, 6) is -0.388. The lowest BCUT2D eigenvalue weighted by Gasteiger charge is -2.33. The number of halogens is 5. The van der Waals surface area contributed by atoms with Crippen molar-refractivity contribution in [3.8, 4) is 0 Å². The second-order valence-corrected chi connectivity index (χ2v) is 7.21. The van der Waals surface area contributed by atoms with Crippen LogP contribution in [0.4, 0.5) is 23.4 Å². The molecule has 9 heteroatoms. The Kier molecular flexibility index (Phi) is 5.69. The number of amides is 1. The van der Waals surface area contributed by atoms with Gasteiger partial charge in [-0.3, -0.25) is 4.79 Å². The quantitative estimate of drug-likeness (QED) is 0.712. The molecule has 3 rings (SSSR count). The zero-order chi connectivity index (χ0) is 19.6. The smallest absolute Gasteiger partial charge is 0.356 e. The topological polar surface area (TPSA) is 45.2 Å². The molecule has 1 aromatic heterocycles. The van der Waals surface area contributed by atoms with Gasteiger partial charge < -0.3 is 10.2 Å². The summed E-state index contributed by atoms with van der Waals surface area (Å²) in [6, 6.07) is 6.25. The highest BCUT2D eigenvalue weighted by atomic mass is 79.9. The summed E-state index contributed by atoms with van der Waals surface area (Å²) in [6.45, 7) is 1.10. The van der Waals surface area contributed by atoms with Crippen LogP contribution in [0.2, 0.25) is 0 Å². The molecule has 1 aliphatic heterocycles. The monoisotopic (exact) mass is 445 g/mol. The number of alkyl halides is 3. The minimum absolute atomic E-state index is 0.0924. The van der Waals surface area contributed by atoms with Crippen LogP contribution in [0.3, 0.4) is 0 Å². The van der Waals surface area contributed by atoms with E-state index in [0.717, 1.165) is 12.3 Å². The maximum Gasteiger partial charge on any atom is 0.417 e. The molecule has 0 saturated carbocycles. The summed E-state index contributed by atoms with van der Waals surface area (Å²) >= 11 is 3.15. The van der Waals surface area contributed by atoms with Crippen molar-refractivity contribution in [3.63, 3.8) is 0 Å². The Morgan fingerprint density at radius 3 is 2.44 bits per heavy atom. The lowest BCUT2D eigenvalue weighted by atomic mass is 10.0. The van der Waals surface area contributed by atoms with Gasteiger partial charge in [-0.25, -0.2) is 9.37 Å². The summed E-state index contributed by atoms with van der Waals surface area (Å²) in [5, 5.41) is 2.87. The number of piperidine rings is 1. The van der Waals surface area contributed by atoms with Crippen molar-refractivity contribution in [3.05, 3.63) is 57.9 Å². The Hall–Kier alpha value is -2.16. The van der Waals surface area contributed by atoms with E-state index in [4.69, 9.17) is 0 Å². The largest absolute Gasteiger partial charge is 0.417 e. The predicted molar refractivity (Wildman–Crippen MR) is 96.0 cm³/mol. The third kappa shape index (κ3) is 4.97. The van der Waals surface area contributed by atoms with Gasteiger partial charge in [0.2, 0.25) is 0 Å². The number of carbonyl (C=O) groups is 1. The average molecular weight is 446 g/mol. The van der Waals surface area contributed by atoms with Gasteiger partial charge >= 0.3 is 6.18 Å². The highest BCUT2D eigenvalue weighted by molar-refractivity contribution is 9.10. The minimum atomic E-state index is -4.41. The van der Waals surface area contributed by atoms with Crippen LogP contribution in [0.25, 0.3) is 0 Å². The molecule has 1 amide bonds. The SMILES string of the molecule is O=C(NC1CCN(c2ccc(C(F)(F)F)cn2)CC1)c1cc(F)cc(Br)c1. The zero-order valence-electron chi connectivity index (χ0n) is 14.1. The van der Waals surface area contributed by atoms with Gasteiger partial charge in [0.05, 0.1) is 5.56 Å². The molecule has 1 N–H and O–H groups in total. The number of hydrogen-bond acceptors (Lipinski definition) is 3. The highest BCUT2D eigenvalue weighted by Crippen LogP contribution is 2.29. The molecular weight excluding hydrogens is 430 g/mol. The van der Waals surface area contributed by atoms with Crippen LogP contribution in [0, 0.1) is 5.82 Å². The second kappa shape index (κ2) is 7.84. The van der Waals surface area contributed by atoms with E-state index in [2.05, 4.69) is 26.2 Å². The molecule has 0 atom stereocenters. The molecule has 144 valence electrons. The lowest BCUT2D eigenvalue weighted by molar-refractivity contribution is -0.137. The van der Waals surface area contributed by atoms with Gasteiger partial charge in [0.15, 0.2) is 0 Å². The van der Waals surface area contributed by atoms with Gasteiger partial charge in [0, 0.05) is 35.4 Å². The molecular formula is C18H16BrF4N3O. The van der Waals surface area contributed by atoms with Crippen molar-refractivity contribution >= 4 is 27.7 Å². The molecule has 2 aromatic rings. The number of carbonyl (C=O) groups excluding carboxylic acids is 1. The first-order chi connectivity index (χ1) is 12.7. The van der Waals surface area contributed by atoms with Gasteiger partial charge in [-0.2, -0.15) is 13.2 Å². The van der Waals surface area contributed by atoms with Crippen LogP contribution in [0.1, 0.15) is 28.8 Å². The molecule has 0 bridgehead atoms. The number of hydrogen-bond donors (Lipinski definition) is 1. The fraction of sp³-hybridized carbons (Fsp3) is 0.333. The highest BCUT2D eigenvalue weighted by Gasteiger charge is 2.31. The van der Waals surface area contributed by atoms with Crippen molar-refractivity contribution in [2.45, 2.75) is 25.1 Å². The van der Waals surface area contributed by atoms with Crippen molar-refractivity contribution in [2.75, 3.05) is 18.0 Å². The molecule has 0 radical (unpaired) electrons. The van der Waals surface area contributed by atoms with Gasteiger partial charge in [-0.15, -0.1) is 0 Å². The molecule has 1 fully saturated rings. The fourth-order valence-corrected chi connectivity index (χ4v) is 3.41. The van der Waals surface area contributed by atoms with Crippen LogP contribution >= 0.6 is 15.9 Å². The molecule has 1 saturated heterocycles. The zero-order valence-corrected chi connectivity index (χ0v) is 15.6. The first kappa shape index (κ1) is 19.6. The molecule has 0 aliphatic carbocycles. The summed E-state index contributed by atoms with van der Waals surface area (Å²) in [5.41, 5.74) is -0.552. The van der Waals surface area contributed by atoms with E-state index in [9.17, 15) is 22.4 Å². The molecule has 1 aliphatic rings. The number of aromatic nitrogens is 1. The Morgan fingerprint density at radius 2 is 1.89 bits per heavy atom. The van der Waals surface area contributed by atoms with E-state index < -0.39 is 17.6 Å². The molecule has 1 aromatic carbocycles. The summed E-state index contributed by atoms with van der Waals surface area (Å²) in [4.78, 5) is 18.0. The third-order valence-electron chi connectivity index (χ3n) is 4.35. The van der Waals surface area contributed by atoms with Crippen LogP contribution in [0.15, 0.2) is 41.0 Å². The number of nitrogens with one attached hydrogen (secondary N) is 1. The fourth-order valence-electron chi connectivity index (χ4n) is 2.95. The van der Waals surface area contributed by atoms with E-state index in [1.807, 2.05) is 4.90 Å². The lowest BCUT2D eigenvalue weighted by Crippen LogP contribution is -2.45. The Balaban J connectivity index is 1.56. The molecule has 0 spiro atoms. The van der Waals surface area contributed by atoms with Crippen molar-refractivity contribution < 1.29 is 22.4 Å². The second-order valence-electron chi connectivity index (χ2n) is 6.30.